The number of carbonyl (C=O) groups is 1. The van der Waals surface area contributed by atoms with Crippen molar-refractivity contribution >= 4 is 11.9 Å². The number of nitrogens with one attached hydrogen (secondary N) is 3. The Morgan fingerprint density at radius 2 is 1.86 bits per heavy atom. The summed E-state index contributed by atoms with van der Waals surface area (Å²) in [6.07, 6.45) is 8.58. The number of aliphatic imine (C=N–C) groups is 1. The summed E-state index contributed by atoms with van der Waals surface area (Å²) in [5.41, 5.74) is 1.22. The second-order valence-corrected chi connectivity index (χ2v) is 7.19. The first-order valence-corrected chi connectivity index (χ1v) is 10.7. The molecule has 1 fully saturated rings. The number of hydrogen-bond acceptors (Lipinski definition) is 3. The lowest BCUT2D eigenvalue weighted by molar-refractivity contribution is -0.119. The van der Waals surface area contributed by atoms with Crippen LogP contribution in [0.25, 0.3) is 0 Å². The lowest BCUT2D eigenvalue weighted by Crippen LogP contribution is -2.39. The summed E-state index contributed by atoms with van der Waals surface area (Å²) in [4.78, 5) is 16.4. The van der Waals surface area contributed by atoms with Crippen molar-refractivity contribution in [1.29, 1.82) is 0 Å². The van der Waals surface area contributed by atoms with Gasteiger partial charge in [0.05, 0.1) is 6.10 Å². The molecule has 1 aromatic carbocycles. The summed E-state index contributed by atoms with van der Waals surface area (Å²) in [6.45, 7) is 5.10. The minimum absolute atomic E-state index is 0.0613. The van der Waals surface area contributed by atoms with E-state index in [1.807, 2.05) is 25.1 Å². The van der Waals surface area contributed by atoms with Gasteiger partial charge in [0.2, 0.25) is 5.91 Å². The van der Waals surface area contributed by atoms with Crippen molar-refractivity contribution in [2.75, 3.05) is 32.8 Å². The maximum atomic E-state index is 12.0. The molecule has 0 unspecified atom stereocenters. The van der Waals surface area contributed by atoms with E-state index < -0.39 is 0 Å². The van der Waals surface area contributed by atoms with Crippen molar-refractivity contribution in [2.45, 2.75) is 58.0 Å². The van der Waals surface area contributed by atoms with Gasteiger partial charge in [-0.05, 0) is 38.2 Å². The average Bonchev–Trinajstić information content (AvgIpc) is 2.73. The molecule has 156 valence electrons. The van der Waals surface area contributed by atoms with Crippen LogP contribution in [0, 0.1) is 0 Å². The fourth-order valence-corrected chi connectivity index (χ4v) is 3.30. The van der Waals surface area contributed by atoms with E-state index in [1.165, 1.54) is 37.7 Å². The minimum atomic E-state index is -0.0613. The highest BCUT2D eigenvalue weighted by atomic mass is 16.5. The Hall–Kier alpha value is -2.08. The topological polar surface area (TPSA) is 74.8 Å². The Morgan fingerprint density at radius 1 is 1.07 bits per heavy atom. The van der Waals surface area contributed by atoms with E-state index >= 15 is 0 Å². The molecule has 0 atom stereocenters. The van der Waals surface area contributed by atoms with Gasteiger partial charge in [-0.2, -0.15) is 0 Å². The zero-order valence-electron chi connectivity index (χ0n) is 17.2. The molecule has 0 saturated heterocycles. The van der Waals surface area contributed by atoms with Gasteiger partial charge >= 0.3 is 0 Å². The van der Waals surface area contributed by atoms with E-state index in [0.717, 1.165) is 32.5 Å². The molecule has 0 aromatic heterocycles. The molecule has 0 heterocycles. The maximum Gasteiger partial charge on any atom is 0.241 e. The Bertz CT molecular complexity index is 571. The van der Waals surface area contributed by atoms with Crippen LogP contribution in [-0.2, 0) is 16.0 Å². The summed E-state index contributed by atoms with van der Waals surface area (Å²) in [5, 5.41) is 9.37. The van der Waals surface area contributed by atoms with Crippen molar-refractivity contribution in [1.82, 2.24) is 16.0 Å². The van der Waals surface area contributed by atoms with Gasteiger partial charge in [-0.25, -0.2) is 4.99 Å². The van der Waals surface area contributed by atoms with Gasteiger partial charge in [0.1, 0.15) is 6.54 Å². The molecular weight excluding hydrogens is 352 g/mol. The molecule has 28 heavy (non-hydrogen) atoms. The van der Waals surface area contributed by atoms with E-state index in [2.05, 4.69) is 33.1 Å². The molecule has 0 bridgehead atoms. The maximum absolute atomic E-state index is 12.0. The molecule has 6 heteroatoms. The number of ether oxygens (including phenoxy) is 1. The molecule has 1 amide bonds. The number of benzene rings is 1. The van der Waals surface area contributed by atoms with Gasteiger partial charge in [0.25, 0.3) is 0 Å². The van der Waals surface area contributed by atoms with Crippen LogP contribution in [0.4, 0.5) is 0 Å². The van der Waals surface area contributed by atoms with E-state index in [-0.39, 0.29) is 12.5 Å². The van der Waals surface area contributed by atoms with Gasteiger partial charge in [0, 0.05) is 26.2 Å². The normalized spacial score (nSPS) is 15.2. The molecule has 1 saturated carbocycles. The molecule has 0 spiro atoms. The van der Waals surface area contributed by atoms with Crippen LogP contribution in [0.2, 0.25) is 0 Å². The van der Waals surface area contributed by atoms with E-state index in [1.54, 1.807) is 0 Å². The third kappa shape index (κ3) is 9.74. The summed E-state index contributed by atoms with van der Waals surface area (Å²) < 4.78 is 5.94. The van der Waals surface area contributed by atoms with Crippen molar-refractivity contribution < 1.29 is 9.53 Å². The van der Waals surface area contributed by atoms with Gasteiger partial charge in [-0.3, -0.25) is 4.79 Å². The van der Waals surface area contributed by atoms with Crippen molar-refractivity contribution in [3.63, 3.8) is 0 Å². The Balaban J connectivity index is 1.58. The molecular formula is C22H36N4O2. The van der Waals surface area contributed by atoms with Gasteiger partial charge in [0.15, 0.2) is 5.96 Å². The summed E-state index contributed by atoms with van der Waals surface area (Å²) in [5.74, 6) is 0.618. The third-order valence-corrected chi connectivity index (χ3v) is 4.82. The first kappa shape index (κ1) is 22.2. The summed E-state index contributed by atoms with van der Waals surface area (Å²) in [6, 6.07) is 10.1. The molecule has 0 aliphatic heterocycles. The zero-order chi connectivity index (χ0) is 19.9. The molecule has 3 N–H and O–H groups in total. The number of nitrogens with zero attached hydrogens (tertiary/aromatic N) is 1. The number of rotatable bonds is 11. The van der Waals surface area contributed by atoms with Crippen LogP contribution < -0.4 is 16.0 Å². The second kappa shape index (κ2) is 14.0. The van der Waals surface area contributed by atoms with E-state index in [4.69, 9.17) is 4.74 Å². The first-order chi connectivity index (χ1) is 13.8. The summed E-state index contributed by atoms with van der Waals surface area (Å²) >= 11 is 0. The molecule has 0 radical (unpaired) electrons. The van der Waals surface area contributed by atoms with Crippen molar-refractivity contribution in [3.8, 4) is 0 Å². The van der Waals surface area contributed by atoms with Crippen LogP contribution in [0.3, 0.4) is 0 Å². The highest BCUT2D eigenvalue weighted by Crippen LogP contribution is 2.20. The molecule has 2 rings (SSSR count). The zero-order valence-corrected chi connectivity index (χ0v) is 17.2. The Kier molecular flexibility index (Phi) is 11.1. The fraction of sp³-hybridized carbons (Fsp3) is 0.636. The standard InChI is InChI=1S/C22H36N4O2/c1-2-23-22(25-15-9-17-28-20-12-7-4-8-13-20)26-18-21(27)24-16-14-19-10-5-3-6-11-19/h3,5-6,10-11,20H,2,4,7-9,12-18H2,1H3,(H,24,27)(H2,23,25,26). The number of amides is 1. The van der Waals surface area contributed by atoms with Crippen LogP contribution >= 0.6 is 0 Å². The predicted octanol–water partition coefficient (Wildman–Crippen LogP) is 2.64. The van der Waals surface area contributed by atoms with Crippen LogP contribution in [-0.4, -0.2) is 50.8 Å². The Labute approximate surface area is 169 Å². The Morgan fingerprint density at radius 3 is 2.61 bits per heavy atom. The number of hydrogen-bond donors (Lipinski definition) is 3. The van der Waals surface area contributed by atoms with Gasteiger partial charge in [-0.1, -0.05) is 49.6 Å². The number of carbonyl (C=O) groups excluding carboxylic acids is 1. The monoisotopic (exact) mass is 388 g/mol. The highest BCUT2D eigenvalue weighted by Gasteiger charge is 2.13. The van der Waals surface area contributed by atoms with Crippen LogP contribution in [0.1, 0.15) is 51.0 Å². The third-order valence-electron chi connectivity index (χ3n) is 4.82. The second-order valence-electron chi connectivity index (χ2n) is 7.19. The average molecular weight is 389 g/mol. The lowest BCUT2D eigenvalue weighted by Gasteiger charge is -2.22. The molecule has 1 aliphatic rings. The van der Waals surface area contributed by atoms with E-state index in [0.29, 0.717) is 18.6 Å². The molecule has 1 aliphatic carbocycles. The molecule has 1 aromatic rings. The SMILES string of the molecule is CCNC(=NCC(=O)NCCc1ccccc1)NCCCOC1CCCCC1. The minimum Gasteiger partial charge on any atom is -0.378 e. The van der Waals surface area contributed by atoms with Crippen molar-refractivity contribution in [3.05, 3.63) is 35.9 Å². The van der Waals surface area contributed by atoms with Crippen LogP contribution in [0.5, 0.6) is 0 Å². The smallest absolute Gasteiger partial charge is 0.241 e. The lowest BCUT2D eigenvalue weighted by atomic mass is 9.98. The summed E-state index contributed by atoms with van der Waals surface area (Å²) in [7, 11) is 0. The van der Waals surface area contributed by atoms with Crippen molar-refractivity contribution in [2.24, 2.45) is 4.99 Å². The fourth-order valence-electron chi connectivity index (χ4n) is 3.30. The first-order valence-electron chi connectivity index (χ1n) is 10.7. The van der Waals surface area contributed by atoms with E-state index in [9.17, 15) is 4.79 Å². The van der Waals surface area contributed by atoms with Gasteiger partial charge in [-0.15, -0.1) is 0 Å². The largest absolute Gasteiger partial charge is 0.378 e. The highest BCUT2D eigenvalue weighted by molar-refractivity contribution is 5.84. The quantitative estimate of drug-likeness (QED) is 0.309. The predicted molar refractivity (Wildman–Crippen MR) is 115 cm³/mol. The van der Waals surface area contributed by atoms with Gasteiger partial charge < -0.3 is 20.7 Å². The number of guanidine groups is 1. The molecule has 6 nitrogen and oxygen atoms in total. The van der Waals surface area contributed by atoms with Crippen LogP contribution in [0.15, 0.2) is 35.3 Å².